The fourth-order valence-corrected chi connectivity index (χ4v) is 7.41. The Labute approximate surface area is 298 Å². The van der Waals surface area contributed by atoms with Gasteiger partial charge in [-0.05, 0) is 55.0 Å². The van der Waals surface area contributed by atoms with Crippen molar-refractivity contribution in [1.29, 1.82) is 0 Å². The number of aliphatic hydroxyl groups excluding tert-OH is 1. The number of halogens is 2. The molecule has 3 aromatic carbocycles. The van der Waals surface area contributed by atoms with Crippen molar-refractivity contribution in [2.24, 2.45) is 5.92 Å². The molecule has 2 aliphatic heterocycles. The maximum atomic E-state index is 11.5. The van der Waals surface area contributed by atoms with E-state index in [0.29, 0.717) is 47.0 Å². The van der Waals surface area contributed by atoms with Crippen LogP contribution in [0, 0.1) is 5.92 Å². The summed E-state index contributed by atoms with van der Waals surface area (Å²) in [5.41, 5.74) is 8.44. The zero-order valence-electron chi connectivity index (χ0n) is 28.3. The maximum Gasteiger partial charge on any atom is 0.220 e. The fraction of sp³-hybridized carbons (Fsp3) is 0.385. The monoisotopic (exact) mass is 702 g/mol. The van der Waals surface area contributed by atoms with Gasteiger partial charge in [0, 0.05) is 78.6 Å². The predicted molar refractivity (Wildman–Crippen MR) is 196 cm³/mol. The van der Waals surface area contributed by atoms with E-state index in [2.05, 4.69) is 34.6 Å². The molecule has 0 bridgehead atoms. The topological polar surface area (TPSA) is 96.0 Å². The Balaban J connectivity index is 1.25. The first-order chi connectivity index (χ1) is 23.8. The average molecular weight is 704 g/mol. The number of nitrogens with zero attached hydrogens (tertiary/aromatic N) is 2. The van der Waals surface area contributed by atoms with Gasteiger partial charge < -0.3 is 25.2 Å². The van der Waals surface area contributed by atoms with Crippen LogP contribution >= 0.6 is 23.2 Å². The number of pyridine rings is 1. The van der Waals surface area contributed by atoms with Crippen molar-refractivity contribution >= 4 is 29.1 Å². The number of aliphatic hydroxyl groups is 1. The number of nitrogens with one attached hydrogen (secondary N) is 2. The Morgan fingerprint density at radius 1 is 1.00 bits per heavy atom. The van der Waals surface area contributed by atoms with Crippen molar-refractivity contribution in [1.82, 2.24) is 20.5 Å². The highest BCUT2D eigenvalue weighted by Crippen LogP contribution is 2.44. The first kappa shape index (κ1) is 35.2. The summed E-state index contributed by atoms with van der Waals surface area (Å²) in [6, 6.07) is 20.4. The van der Waals surface area contributed by atoms with Gasteiger partial charge in [0.2, 0.25) is 11.8 Å². The predicted octanol–water partition coefficient (Wildman–Crippen LogP) is 7.15. The first-order valence-corrected chi connectivity index (χ1v) is 17.7. The van der Waals surface area contributed by atoms with Gasteiger partial charge in [0.1, 0.15) is 5.75 Å². The highest BCUT2D eigenvalue weighted by molar-refractivity contribution is 6.39. The van der Waals surface area contributed by atoms with Crippen molar-refractivity contribution in [3.63, 3.8) is 0 Å². The molecule has 0 spiro atoms. The number of fused-ring (bicyclic) bond motifs is 1. The van der Waals surface area contributed by atoms with Crippen LogP contribution in [0.15, 0.2) is 60.7 Å². The smallest absolute Gasteiger partial charge is 0.220 e. The summed E-state index contributed by atoms with van der Waals surface area (Å²) in [5.74, 6) is 1.78. The summed E-state index contributed by atoms with van der Waals surface area (Å²) in [7, 11) is 3.33. The zero-order chi connectivity index (χ0) is 34.5. The van der Waals surface area contributed by atoms with Crippen LogP contribution in [0.25, 0.3) is 33.5 Å². The van der Waals surface area contributed by atoms with Crippen LogP contribution in [0.4, 0.5) is 0 Å². The van der Waals surface area contributed by atoms with E-state index in [-0.39, 0.29) is 18.6 Å². The molecule has 1 amide bonds. The number of hydrogen-bond acceptors (Lipinski definition) is 7. The molecule has 1 fully saturated rings. The minimum Gasteiger partial charge on any atom is -0.496 e. The molecule has 2 aliphatic rings. The van der Waals surface area contributed by atoms with Crippen LogP contribution in [0.5, 0.6) is 11.6 Å². The van der Waals surface area contributed by atoms with Crippen molar-refractivity contribution in [3.8, 4) is 45.1 Å². The quantitative estimate of drug-likeness (QED) is 0.136. The third-order valence-electron chi connectivity index (χ3n) is 9.65. The molecule has 8 nitrogen and oxygen atoms in total. The Hall–Kier alpha value is -3.66. The zero-order valence-corrected chi connectivity index (χ0v) is 29.8. The van der Waals surface area contributed by atoms with Gasteiger partial charge in [0.15, 0.2) is 0 Å². The summed E-state index contributed by atoms with van der Waals surface area (Å²) in [5, 5.41) is 17.0. The number of carbonyl (C=O) groups is 1. The third-order valence-corrected chi connectivity index (χ3v) is 10.5. The van der Waals surface area contributed by atoms with E-state index in [4.69, 9.17) is 37.7 Å². The van der Waals surface area contributed by atoms with Crippen LogP contribution in [-0.2, 0) is 24.3 Å². The minimum atomic E-state index is 0.106. The molecule has 1 unspecified atom stereocenters. The molecule has 4 aromatic rings. The molecule has 258 valence electrons. The number of amides is 1. The van der Waals surface area contributed by atoms with Gasteiger partial charge in [0.05, 0.1) is 30.0 Å². The molecular formula is C39H44Cl2N4O4. The van der Waals surface area contributed by atoms with Crippen molar-refractivity contribution in [2.45, 2.75) is 51.7 Å². The second-order valence-corrected chi connectivity index (χ2v) is 13.8. The summed E-state index contributed by atoms with van der Waals surface area (Å²) in [6.45, 7) is 6.29. The second kappa shape index (κ2) is 15.9. The van der Waals surface area contributed by atoms with Crippen molar-refractivity contribution in [3.05, 3.63) is 87.4 Å². The summed E-state index contributed by atoms with van der Waals surface area (Å²) < 4.78 is 11.6. The molecule has 49 heavy (non-hydrogen) atoms. The van der Waals surface area contributed by atoms with E-state index in [1.807, 2.05) is 48.5 Å². The molecule has 10 heteroatoms. The van der Waals surface area contributed by atoms with Crippen LogP contribution in [-0.4, -0.2) is 67.4 Å². The Morgan fingerprint density at radius 3 is 2.43 bits per heavy atom. The molecule has 1 aromatic heterocycles. The largest absolute Gasteiger partial charge is 0.496 e. The van der Waals surface area contributed by atoms with Crippen LogP contribution in [0.2, 0.25) is 10.0 Å². The van der Waals surface area contributed by atoms with Crippen LogP contribution < -0.4 is 20.1 Å². The molecule has 1 saturated heterocycles. The van der Waals surface area contributed by atoms with E-state index in [1.165, 1.54) is 11.1 Å². The average Bonchev–Trinajstić information content (AvgIpc) is 3.54. The number of rotatable bonds is 13. The third kappa shape index (κ3) is 7.89. The van der Waals surface area contributed by atoms with E-state index in [0.717, 1.165) is 78.0 Å². The molecular weight excluding hydrogens is 659 g/mol. The lowest BCUT2D eigenvalue weighted by Gasteiger charge is -2.31. The highest BCUT2D eigenvalue weighted by atomic mass is 35.5. The maximum absolute atomic E-state index is 11.5. The van der Waals surface area contributed by atoms with E-state index in [1.54, 1.807) is 14.2 Å². The van der Waals surface area contributed by atoms with E-state index >= 15 is 0 Å². The number of ether oxygens (including phenoxy) is 2. The standard InChI is InChI=1S/C39H44Cl2N4O4/c1-24(23-46)14-16-45-17-15-25-18-27(19-35(48-2)33(25)22-45)29-6-4-7-30(37(29)40)31-8-5-9-32(38(31)41)34-12-10-26(39(44-34)49-3)20-42-21-28-11-13-36(47)43-28/h4-10,12,18-19,24,28,42,46H,11,13-17,20-23H2,1-3H3,(H,43,47)/t24?,28-/m1/s1. The molecule has 3 heterocycles. The summed E-state index contributed by atoms with van der Waals surface area (Å²) in [6.07, 6.45) is 3.31. The lowest BCUT2D eigenvalue weighted by atomic mass is 9.91. The number of benzene rings is 3. The number of methoxy groups -OCH3 is 2. The SMILES string of the molecule is COc1cc(-c2cccc(-c3cccc(-c4ccc(CNC[C@H]5CCC(=O)N5)c(OC)n4)c3Cl)c2Cl)cc2c1CN(CCC(C)CO)CC2. The molecule has 0 saturated carbocycles. The van der Waals surface area contributed by atoms with Crippen LogP contribution in [0.1, 0.15) is 42.9 Å². The molecule has 2 atom stereocenters. The molecule has 0 aliphatic carbocycles. The molecule has 6 rings (SSSR count). The van der Waals surface area contributed by atoms with Gasteiger partial charge in [-0.3, -0.25) is 9.69 Å². The lowest BCUT2D eigenvalue weighted by molar-refractivity contribution is -0.119. The Morgan fingerprint density at radius 2 is 1.73 bits per heavy atom. The first-order valence-electron chi connectivity index (χ1n) is 16.9. The van der Waals surface area contributed by atoms with Crippen molar-refractivity contribution in [2.75, 3.05) is 40.5 Å². The van der Waals surface area contributed by atoms with Crippen LogP contribution in [0.3, 0.4) is 0 Å². The second-order valence-electron chi connectivity index (χ2n) is 13.1. The van der Waals surface area contributed by atoms with E-state index in [9.17, 15) is 9.90 Å². The van der Waals surface area contributed by atoms with Gasteiger partial charge in [-0.25, -0.2) is 4.98 Å². The minimum absolute atomic E-state index is 0.106. The summed E-state index contributed by atoms with van der Waals surface area (Å²) in [4.78, 5) is 18.8. The number of aromatic nitrogens is 1. The molecule has 0 radical (unpaired) electrons. The van der Waals surface area contributed by atoms with E-state index < -0.39 is 0 Å². The summed E-state index contributed by atoms with van der Waals surface area (Å²) >= 11 is 14.4. The van der Waals surface area contributed by atoms with Gasteiger partial charge in [0.25, 0.3) is 0 Å². The van der Waals surface area contributed by atoms with Gasteiger partial charge in [-0.1, -0.05) is 78.7 Å². The Bertz CT molecular complexity index is 1800. The highest BCUT2D eigenvalue weighted by Gasteiger charge is 2.24. The van der Waals surface area contributed by atoms with Gasteiger partial charge in [-0.2, -0.15) is 0 Å². The molecule has 3 N–H and O–H groups in total. The normalized spacial score (nSPS) is 16.7. The van der Waals surface area contributed by atoms with Gasteiger partial charge in [-0.15, -0.1) is 0 Å². The number of carbonyl (C=O) groups excluding carboxylic acids is 1. The number of hydrogen-bond donors (Lipinski definition) is 3. The Kier molecular flexibility index (Phi) is 11.4. The lowest BCUT2D eigenvalue weighted by Crippen LogP contribution is -2.35. The van der Waals surface area contributed by atoms with Gasteiger partial charge >= 0.3 is 0 Å². The van der Waals surface area contributed by atoms with Crippen molar-refractivity contribution < 1.29 is 19.4 Å². The fourth-order valence-electron chi connectivity index (χ4n) is 6.75.